The third-order valence-corrected chi connectivity index (χ3v) is 6.01. The molecule has 2 aromatic rings. The van der Waals surface area contributed by atoms with Gasteiger partial charge in [-0.25, -0.2) is 0 Å². The van der Waals surface area contributed by atoms with E-state index in [0.717, 1.165) is 57.1 Å². The molecule has 4 heterocycles. The molecule has 0 radical (unpaired) electrons. The second kappa shape index (κ2) is 7.32. The zero-order valence-corrected chi connectivity index (χ0v) is 15.9. The van der Waals surface area contributed by atoms with Crippen LogP contribution in [0, 0.1) is 0 Å². The van der Waals surface area contributed by atoms with Gasteiger partial charge in [0.2, 0.25) is 10.1 Å². The number of rotatable bonds is 4. The summed E-state index contributed by atoms with van der Waals surface area (Å²) in [5.41, 5.74) is -0.0553. The standard InChI is InChI=1S/C17H24N6O2S/c1-2-5-20-8-10-21(11-9-20)15(25)13-12-14(24)18-16-23(13)19-17(26-16)22-6-3-4-7-22/h12H,2-11H2,1H3. The molecule has 4 rings (SSSR count). The van der Waals surface area contributed by atoms with Crippen molar-refractivity contribution >= 4 is 27.3 Å². The second-order valence-electron chi connectivity index (χ2n) is 6.89. The molecule has 8 nitrogen and oxygen atoms in total. The van der Waals surface area contributed by atoms with E-state index in [1.807, 2.05) is 4.90 Å². The fourth-order valence-corrected chi connectivity index (χ4v) is 4.61. The van der Waals surface area contributed by atoms with Gasteiger partial charge in [0.1, 0.15) is 5.69 Å². The summed E-state index contributed by atoms with van der Waals surface area (Å²) < 4.78 is 1.56. The lowest BCUT2D eigenvalue weighted by atomic mass is 10.2. The van der Waals surface area contributed by atoms with Crippen LogP contribution in [-0.4, -0.2) is 76.1 Å². The fourth-order valence-electron chi connectivity index (χ4n) is 3.65. The van der Waals surface area contributed by atoms with E-state index in [1.165, 1.54) is 17.4 Å². The van der Waals surface area contributed by atoms with Gasteiger partial charge in [-0.3, -0.25) is 14.5 Å². The Morgan fingerprint density at radius 3 is 2.58 bits per heavy atom. The molecule has 9 heteroatoms. The van der Waals surface area contributed by atoms with E-state index >= 15 is 0 Å². The lowest BCUT2D eigenvalue weighted by Gasteiger charge is -2.34. The Kier molecular flexibility index (Phi) is 4.90. The maximum absolute atomic E-state index is 13.0. The van der Waals surface area contributed by atoms with E-state index in [4.69, 9.17) is 0 Å². The van der Waals surface area contributed by atoms with Crippen LogP contribution in [-0.2, 0) is 0 Å². The van der Waals surface area contributed by atoms with Crippen LogP contribution in [0.3, 0.4) is 0 Å². The Hall–Kier alpha value is -2.00. The minimum Gasteiger partial charge on any atom is -0.347 e. The number of piperazine rings is 1. The molecular formula is C17H24N6O2S. The van der Waals surface area contributed by atoms with Crippen molar-refractivity contribution in [2.75, 3.05) is 50.7 Å². The van der Waals surface area contributed by atoms with Crippen molar-refractivity contribution in [2.24, 2.45) is 0 Å². The van der Waals surface area contributed by atoms with Gasteiger partial charge < -0.3 is 9.80 Å². The topological polar surface area (TPSA) is 74.1 Å². The van der Waals surface area contributed by atoms with Crippen molar-refractivity contribution in [2.45, 2.75) is 26.2 Å². The Morgan fingerprint density at radius 1 is 1.15 bits per heavy atom. The van der Waals surface area contributed by atoms with Crippen LogP contribution in [0.15, 0.2) is 10.9 Å². The van der Waals surface area contributed by atoms with Crippen LogP contribution in [0.2, 0.25) is 0 Å². The molecule has 2 aromatic heterocycles. The van der Waals surface area contributed by atoms with E-state index in [2.05, 4.69) is 26.8 Å². The fraction of sp³-hybridized carbons (Fsp3) is 0.647. The van der Waals surface area contributed by atoms with E-state index < -0.39 is 0 Å². The highest BCUT2D eigenvalue weighted by molar-refractivity contribution is 7.20. The molecule has 0 unspecified atom stereocenters. The van der Waals surface area contributed by atoms with Crippen LogP contribution >= 0.6 is 11.3 Å². The minimum atomic E-state index is -0.380. The Morgan fingerprint density at radius 2 is 1.88 bits per heavy atom. The highest BCUT2D eigenvalue weighted by Gasteiger charge is 2.26. The van der Waals surface area contributed by atoms with Crippen molar-refractivity contribution in [1.82, 2.24) is 24.4 Å². The van der Waals surface area contributed by atoms with Crippen molar-refractivity contribution in [1.29, 1.82) is 0 Å². The number of carbonyl (C=O) groups excluding carboxylic acids is 1. The highest BCUT2D eigenvalue weighted by atomic mass is 32.1. The highest BCUT2D eigenvalue weighted by Crippen LogP contribution is 2.26. The Labute approximate surface area is 156 Å². The summed E-state index contributed by atoms with van der Waals surface area (Å²) in [7, 11) is 0. The quantitative estimate of drug-likeness (QED) is 0.790. The first kappa shape index (κ1) is 17.4. The Balaban J connectivity index is 1.61. The van der Waals surface area contributed by atoms with Gasteiger partial charge in [0.05, 0.1) is 0 Å². The first-order chi connectivity index (χ1) is 12.7. The lowest BCUT2D eigenvalue weighted by molar-refractivity contribution is 0.0628. The monoisotopic (exact) mass is 376 g/mol. The number of hydrogen-bond acceptors (Lipinski definition) is 7. The maximum atomic E-state index is 13.0. The number of hydrogen-bond donors (Lipinski definition) is 0. The van der Waals surface area contributed by atoms with Crippen LogP contribution < -0.4 is 10.5 Å². The summed E-state index contributed by atoms with van der Waals surface area (Å²) in [4.78, 5) is 36.0. The lowest BCUT2D eigenvalue weighted by Crippen LogP contribution is -2.49. The molecule has 2 saturated heterocycles. The third-order valence-electron chi connectivity index (χ3n) is 5.04. The van der Waals surface area contributed by atoms with E-state index in [9.17, 15) is 9.59 Å². The van der Waals surface area contributed by atoms with Crippen LogP contribution in [0.5, 0.6) is 0 Å². The number of fused-ring (bicyclic) bond motifs is 1. The SMILES string of the molecule is CCCN1CCN(C(=O)c2cc(=O)nc3sc(N4CCCC4)nn23)CC1. The first-order valence-corrected chi connectivity index (χ1v) is 10.1. The van der Waals surface area contributed by atoms with Crippen LogP contribution in [0.4, 0.5) is 5.13 Å². The van der Waals surface area contributed by atoms with Crippen molar-refractivity contribution in [3.63, 3.8) is 0 Å². The molecule has 0 aromatic carbocycles. The minimum absolute atomic E-state index is 0.131. The summed E-state index contributed by atoms with van der Waals surface area (Å²) in [6, 6.07) is 1.32. The first-order valence-electron chi connectivity index (χ1n) is 9.33. The molecule has 0 spiro atoms. The number of anilines is 1. The smallest absolute Gasteiger partial charge is 0.274 e. The van der Waals surface area contributed by atoms with Gasteiger partial charge >= 0.3 is 0 Å². The largest absolute Gasteiger partial charge is 0.347 e. The molecule has 1 amide bonds. The second-order valence-corrected chi connectivity index (χ2v) is 7.82. The third kappa shape index (κ3) is 3.33. The molecule has 0 bridgehead atoms. The van der Waals surface area contributed by atoms with Gasteiger partial charge in [-0.05, 0) is 25.8 Å². The number of carbonyl (C=O) groups is 1. The van der Waals surface area contributed by atoms with E-state index in [0.29, 0.717) is 23.7 Å². The zero-order valence-electron chi connectivity index (χ0n) is 15.1. The molecule has 2 fully saturated rings. The van der Waals surface area contributed by atoms with Crippen molar-refractivity contribution in [3.8, 4) is 0 Å². The average Bonchev–Trinajstić information content (AvgIpc) is 3.30. The Bertz CT molecular complexity index is 849. The van der Waals surface area contributed by atoms with Crippen molar-refractivity contribution in [3.05, 3.63) is 22.1 Å². The van der Waals surface area contributed by atoms with Gasteiger partial charge in [0.15, 0.2) is 0 Å². The predicted octanol–water partition coefficient (Wildman–Crippen LogP) is 0.919. The van der Waals surface area contributed by atoms with E-state index in [-0.39, 0.29) is 11.5 Å². The van der Waals surface area contributed by atoms with Gasteiger partial charge in [0, 0.05) is 45.3 Å². The summed E-state index contributed by atoms with van der Waals surface area (Å²) in [5, 5.41) is 5.43. The molecule has 26 heavy (non-hydrogen) atoms. The van der Waals surface area contributed by atoms with Crippen LogP contribution in [0.25, 0.3) is 4.96 Å². The normalized spacial score (nSPS) is 18.8. The summed E-state index contributed by atoms with van der Waals surface area (Å²) in [6.45, 7) is 8.27. The zero-order chi connectivity index (χ0) is 18.1. The van der Waals surface area contributed by atoms with Gasteiger partial charge in [-0.2, -0.15) is 9.50 Å². The summed E-state index contributed by atoms with van der Waals surface area (Å²) in [6.07, 6.45) is 3.41. The summed E-state index contributed by atoms with van der Waals surface area (Å²) >= 11 is 1.38. The molecular weight excluding hydrogens is 352 g/mol. The van der Waals surface area contributed by atoms with Gasteiger partial charge in [-0.15, -0.1) is 5.10 Å². The van der Waals surface area contributed by atoms with Gasteiger partial charge in [0.25, 0.3) is 11.5 Å². The molecule has 0 atom stereocenters. The van der Waals surface area contributed by atoms with Crippen LogP contribution in [0.1, 0.15) is 36.7 Å². The maximum Gasteiger partial charge on any atom is 0.274 e. The summed E-state index contributed by atoms with van der Waals surface area (Å²) in [5.74, 6) is -0.131. The molecule has 2 aliphatic heterocycles. The van der Waals surface area contributed by atoms with Gasteiger partial charge in [-0.1, -0.05) is 18.3 Å². The predicted molar refractivity (Wildman–Crippen MR) is 101 cm³/mol. The number of amides is 1. The average molecular weight is 376 g/mol. The molecule has 0 saturated carbocycles. The molecule has 0 aliphatic carbocycles. The van der Waals surface area contributed by atoms with Crippen molar-refractivity contribution < 1.29 is 4.79 Å². The number of nitrogens with zero attached hydrogens (tertiary/aromatic N) is 6. The molecule has 0 N–H and O–H groups in total. The molecule has 2 aliphatic rings. The molecule has 140 valence electrons. The van der Waals surface area contributed by atoms with E-state index in [1.54, 1.807) is 4.52 Å². The number of aromatic nitrogens is 3.